The van der Waals surface area contributed by atoms with E-state index < -0.39 is 0 Å². The minimum Gasteiger partial charge on any atom is -0.290 e. The summed E-state index contributed by atoms with van der Waals surface area (Å²) in [4.78, 5) is 23.3. The lowest BCUT2D eigenvalue weighted by atomic mass is 10.1. The molecule has 0 N–H and O–H groups in total. The van der Waals surface area contributed by atoms with Gasteiger partial charge < -0.3 is 0 Å². The Morgan fingerprint density at radius 1 is 0.526 bits per heavy atom. The molecule has 4 aromatic heterocycles. The molecular formula is C32H30N6. The van der Waals surface area contributed by atoms with Gasteiger partial charge in [0.15, 0.2) is 0 Å². The third kappa shape index (κ3) is 5.83. The summed E-state index contributed by atoms with van der Waals surface area (Å²) in [6.07, 6.45) is 7.43. The van der Waals surface area contributed by atoms with E-state index in [1.807, 2.05) is 61.2 Å². The van der Waals surface area contributed by atoms with Gasteiger partial charge in [-0.3, -0.25) is 29.7 Å². The van der Waals surface area contributed by atoms with E-state index >= 15 is 0 Å². The number of hydrogen-bond acceptors (Lipinski definition) is 6. The van der Waals surface area contributed by atoms with Gasteiger partial charge in [0.25, 0.3) is 0 Å². The molecule has 6 rings (SSSR count). The normalized spacial score (nSPS) is 13.1. The molecule has 1 aliphatic heterocycles. The Morgan fingerprint density at radius 2 is 1.05 bits per heavy atom. The number of aromatic nitrogens is 4. The van der Waals surface area contributed by atoms with Crippen LogP contribution in [0.15, 0.2) is 110 Å². The first-order valence-corrected chi connectivity index (χ1v) is 13.0. The van der Waals surface area contributed by atoms with Crippen molar-refractivity contribution in [2.45, 2.75) is 39.3 Å². The third-order valence-electron chi connectivity index (χ3n) is 6.85. The van der Waals surface area contributed by atoms with Crippen molar-refractivity contribution in [3.63, 3.8) is 0 Å². The van der Waals surface area contributed by atoms with Crippen molar-refractivity contribution < 1.29 is 0 Å². The maximum absolute atomic E-state index is 4.66. The van der Waals surface area contributed by atoms with Crippen molar-refractivity contribution in [1.29, 1.82) is 0 Å². The summed E-state index contributed by atoms with van der Waals surface area (Å²) in [6, 6.07) is 29.5. The van der Waals surface area contributed by atoms with Gasteiger partial charge in [-0.1, -0.05) is 48.5 Å². The van der Waals surface area contributed by atoms with E-state index in [-0.39, 0.29) is 0 Å². The summed E-state index contributed by atoms with van der Waals surface area (Å²) < 4.78 is 0. The highest BCUT2D eigenvalue weighted by Gasteiger charge is 2.21. The van der Waals surface area contributed by atoms with Gasteiger partial charge in [0.1, 0.15) is 0 Å². The Morgan fingerprint density at radius 3 is 1.58 bits per heavy atom. The molecule has 0 saturated carbocycles. The zero-order valence-electron chi connectivity index (χ0n) is 21.3. The summed E-state index contributed by atoms with van der Waals surface area (Å²) in [5.41, 5.74) is 9.15. The molecule has 0 bridgehead atoms. The molecule has 0 atom stereocenters. The second-order valence-corrected chi connectivity index (χ2v) is 9.77. The standard InChI is InChI=1S/C32H30N6/c1-3-15-33-29(9-1)23-38(24-30-10-2-4-16-34-30)20-26-13-11-25(12-14-26)19-37-21-27-7-5-17-35-31(27)32-28(22-37)8-6-18-36-32/h1-18H,19-24H2. The van der Waals surface area contributed by atoms with Crippen LogP contribution in [0, 0.1) is 0 Å². The van der Waals surface area contributed by atoms with Gasteiger partial charge in [-0.2, -0.15) is 0 Å². The molecule has 1 aromatic carbocycles. The van der Waals surface area contributed by atoms with Gasteiger partial charge in [-0.25, -0.2) is 0 Å². The Labute approximate surface area is 223 Å². The summed E-state index contributed by atoms with van der Waals surface area (Å²) >= 11 is 0. The molecule has 5 aromatic rings. The molecule has 0 radical (unpaired) electrons. The van der Waals surface area contributed by atoms with Gasteiger partial charge in [-0.05, 0) is 58.7 Å². The molecule has 6 nitrogen and oxygen atoms in total. The lowest BCUT2D eigenvalue weighted by Crippen LogP contribution is -2.23. The quantitative estimate of drug-likeness (QED) is 0.276. The van der Waals surface area contributed by atoms with Crippen LogP contribution < -0.4 is 0 Å². The second kappa shape index (κ2) is 11.4. The highest BCUT2D eigenvalue weighted by atomic mass is 15.1. The van der Waals surface area contributed by atoms with Crippen LogP contribution in [0.1, 0.15) is 33.6 Å². The minimum atomic E-state index is 0.772. The van der Waals surface area contributed by atoms with Crippen LogP contribution in [0.25, 0.3) is 11.4 Å². The van der Waals surface area contributed by atoms with Crippen molar-refractivity contribution in [1.82, 2.24) is 29.7 Å². The predicted molar refractivity (Wildman–Crippen MR) is 148 cm³/mol. The van der Waals surface area contributed by atoms with Gasteiger partial charge in [-0.15, -0.1) is 0 Å². The van der Waals surface area contributed by atoms with Gasteiger partial charge >= 0.3 is 0 Å². The number of rotatable bonds is 8. The van der Waals surface area contributed by atoms with E-state index in [1.54, 1.807) is 0 Å². The Kier molecular flexibility index (Phi) is 7.24. The fourth-order valence-corrected chi connectivity index (χ4v) is 5.08. The summed E-state index contributed by atoms with van der Waals surface area (Å²) in [6.45, 7) is 4.94. The molecule has 0 aliphatic carbocycles. The molecule has 0 spiro atoms. The van der Waals surface area contributed by atoms with Gasteiger partial charge in [0.2, 0.25) is 0 Å². The monoisotopic (exact) mass is 498 g/mol. The van der Waals surface area contributed by atoms with Crippen LogP contribution in [-0.2, 0) is 39.3 Å². The van der Waals surface area contributed by atoms with E-state index in [0.29, 0.717) is 0 Å². The molecular weight excluding hydrogens is 468 g/mol. The molecule has 0 saturated heterocycles. The number of hydrogen-bond donors (Lipinski definition) is 0. The molecule has 6 heteroatoms. The van der Waals surface area contributed by atoms with Crippen molar-refractivity contribution in [3.05, 3.63) is 143 Å². The minimum absolute atomic E-state index is 0.772. The second-order valence-electron chi connectivity index (χ2n) is 9.77. The summed E-state index contributed by atoms with van der Waals surface area (Å²) in [7, 11) is 0. The lowest BCUT2D eigenvalue weighted by molar-refractivity contribution is 0.241. The van der Waals surface area contributed by atoms with E-state index in [1.165, 1.54) is 22.3 Å². The van der Waals surface area contributed by atoms with Crippen LogP contribution in [0.5, 0.6) is 0 Å². The van der Waals surface area contributed by atoms with E-state index in [4.69, 9.17) is 0 Å². The summed E-state index contributed by atoms with van der Waals surface area (Å²) in [5.74, 6) is 0. The first-order chi connectivity index (χ1) is 18.8. The number of nitrogens with zero attached hydrogens (tertiary/aromatic N) is 6. The maximum atomic E-state index is 4.66. The van der Waals surface area contributed by atoms with Crippen molar-refractivity contribution in [2.75, 3.05) is 0 Å². The molecule has 188 valence electrons. The lowest BCUT2D eigenvalue weighted by Gasteiger charge is -2.23. The third-order valence-corrected chi connectivity index (χ3v) is 6.85. The first-order valence-electron chi connectivity index (χ1n) is 13.0. The Balaban J connectivity index is 1.17. The molecule has 38 heavy (non-hydrogen) atoms. The van der Waals surface area contributed by atoms with E-state index in [9.17, 15) is 0 Å². The number of fused-ring (bicyclic) bond motifs is 3. The highest BCUT2D eigenvalue weighted by Crippen LogP contribution is 2.29. The van der Waals surface area contributed by atoms with Crippen molar-refractivity contribution >= 4 is 0 Å². The molecule has 5 heterocycles. The van der Waals surface area contributed by atoms with Crippen LogP contribution in [0.3, 0.4) is 0 Å². The van der Waals surface area contributed by atoms with Crippen LogP contribution in [0.2, 0.25) is 0 Å². The maximum Gasteiger partial charge on any atom is 0.0934 e. The van der Waals surface area contributed by atoms with E-state index in [0.717, 1.165) is 62.0 Å². The SMILES string of the molecule is c1ccc(CN(Cc2ccc(CN3Cc4cccnc4-c4ncccc4C3)cc2)Cc2ccccn2)nc1. The smallest absolute Gasteiger partial charge is 0.0934 e. The van der Waals surface area contributed by atoms with Crippen LogP contribution in [-0.4, -0.2) is 29.7 Å². The molecule has 0 fully saturated rings. The first kappa shape index (κ1) is 24.1. The fourth-order valence-electron chi connectivity index (χ4n) is 5.08. The van der Waals surface area contributed by atoms with Crippen LogP contribution in [0.4, 0.5) is 0 Å². The van der Waals surface area contributed by atoms with Gasteiger partial charge in [0.05, 0.1) is 22.8 Å². The zero-order valence-corrected chi connectivity index (χ0v) is 21.3. The average Bonchev–Trinajstić information content (AvgIpc) is 3.11. The highest BCUT2D eigenvalue weighted by molar-refractivity contribution is 5.63. The fraction of sp³-hybridized carbons (Fsp3) is 0.188. The van der Waals surface area contributed by atoms with Crippen LogP contribution >= 0.6 is 0 Å². The Hall–Kier alpha value is -4.26. The Bertz CT molecular complexity index is 1360. The topological polar surface area (TPSA) is 58.0 Å². The summed E-state index contributed by atoms with van der Waals surface area (Å²) in [5, 5.41) is 0. The zero-order chi connectivity index (χ0) is 25.6. The molecule has 0 unspecified atom stereocenters. The molecule has 0 amide bonds. The van der Waals surface area contributed by atoms with Crippen molar-refractivity contribution in [2.24, 2.45) is 0 Å². The molecule has 1 aliphatic rings. The predicted octanol–water partition coefficient (Wildman–Crippen LogP) is 5.65. The number of benzene rings is 1. The average molecular weight is 499 g/mol. The van der Waals surface area contributed by atoms with E-state index in [2.05, 4.69) is 78.3 Å². The van der Waals surface area contributed by atoms with Crippen molar-refractivity contribution in [3.8, 4) is 11.4 Å². The largest absolute Gasteiger partial charge is 0.290 e. The number of pyridine rings is 4. The van der Waals surface area contributed by atoms with Gasteiger partial charge in [0, 0.05) is 64.1 Å².